The van der Waals surface area contributed by atoms with Crippen molar-refractivity contribution in [3.63, 3.8) is 0 Å². The van der Waals surface area contributed by atoms with Crippen LogP contribution >= 0.6 is 0 Å². The number of hydrogen-bond donors (Lipinski definition) is 1. The highest BCUT2D eigenvalue weighted by Crippen LogP contribution is 2.20. The second-order valence-electron chi connectivity index (χ2n) is 8.38. The summed E-state index contributed by atoms with van der Waals surface area (Å²) in [5.41, 5.74) is 1.83. The summed E-state index contributed by atoms with van der Waals surface area (Å²) < 4.78 is 10.5. The molecular formula is C22H32N2O5. The molecule has 1 aromatic carbocycles. The zero-order valence-electron chi connectivity index (χ0n) is 17.8. The number of esters is 1. The van der Waals surface area contributed by atoms with Gasteiger partial charge in [-0.05, 0) is 58.1 Å². The molecule has 0 unspecified atom stereocenters. The topological polar surface area (TPSA) is 84.9 Å². The van der Waals surface area contributed by atoms with Gasteiger partial charge in [-0.15, -0.1) is 0 Å². The van der Waals surface area contributed by atoms with Gasteiger partial charge in [0, 0.05) is 19.6 Å². The van der Waals surface area contributed by atoms with Gasteiger partial charge in [0.05, 0.1) is 5.92 Å². The van der Waals surface area contributed by atoms with E-state index in [2.05, 4.69) is 5.32 Å². The lowest BCUT2D eigenvalue weighted by Crippen LogP contribution is -2.43. The van der Waals surface area contributed by atoms with Gasteiger partial charge in [-0.25, -0.2) is 4.79 Å². The summed E-state index contributed by atoms with van der Waals surface area (Å²) in [6.07, 6.45) is 1.38. The van der Waals surface area contributed by atoms with Crippen molar-refractivity contribution in [2.75, 3.05) is 26.2 Å². The highest BCUT2D eigenvalue weighted by Gasteiger charge is 2.30. The molecule has 160 valence electrons. The van der Waals surface area contributed by atoms with Crippen molar-refractivity contribution in [1.29, 1.82) is 0 Å². The maximum Gasteiger partial charge on any atom is 0.410 e. The number of amides is 2. The van der Waals surface area contributed by atoms with Gasteiger partial charge < -0.3 is 19.7 Å². The quantitative estimate of drug-likeness (QED) is 0.737. The Hall–Kier alpha value is -2.57. The van der Waals surface area contributed by atoms with Crippen molar-refractivity contribution in [2.24, 2.45) is 5.92 Å². The van der Waals surface area contributed by atoms with Crippen molar-refractivity contribution in [3.05, 3.63) is 35.4 Å². The number of carbonyl (C=O) groups is 3. The molecule has 1 aromatic rings. The van der Waals surface area contributed by atoms with Crippen molar-refractivity contribution in [1.82, 2.24) is 10.2 Å². The number of ether oxygens (including phenoxy) is 2. The molecule has 0 aromatic heterocycles. The Bertz CT molecular complexity index is 718. The van der Waals surface area contributed by atoms with Crippen molar-refractivity contribution in [3.8, 4) is 0 Å². The van der Waals surface area contributed by atoms with Crippen LogP contribution in [-0.4, -0.2) is 54.7 Å². The minimum absolute atomic E-state index is 0.279. The first-order valence-corrected chi connectivity index (χ1v) is 10.1. The van der Waals surface area contributed by atoms with Crippen LogP contribution in [0, 0.1) is 12.8 Å². The molecule has 0 saturated carbocycles. The fourth-order valence-electron chi connectivity index (χ4n) is 3.16. The van der Waals surface area contributed by atoms with E-state index in [0.717, 1.165) is 6.42 Å². The Labute approximate surface area is 172 Å². The van der Waals surface area contributed by atoms with E-state index in [9.17, 15) is 14.4 Å². The zero-order valence-corrected chi connectivity index (χ0v) is 17.8. The van der Waals surface area contributed by atoms with E-state index in [4.69, 9.17) is 9.47 Å². The average Bonchev–Trinajstić information content (AvgIpc) is 2.66. The molecule has 0 spiro atoms. The minimum atomic E-state index is -0.542. The lowest BCUT2D eigenvalue weighted by Gasteiger charge is -2.32. The molecule has 0 radical (unpaired) electrons. The number of carbonyl (C=O) groups excluding carboxylic acids is 3. The summed E-state index contributed by atoms with van der Waals surface area (Å²) in [5.74, 6) is -0.991. The third-order valence-corrected chi connectivity index (χ3v) is 4.80. The summed E-state index contributed by atoms with van der Waals surface area (Å²) >= 11 is 0. The SMILES string of the molecule is Cc1ccccc1CCNC(=O)COC(=O)C1CCN(C(=O)OC(C)(C)C)CC1. The molecule has 0 atom stereocenters. The van der Waals surface area contributed by atoms with Gasteiger partial charge in [-0.3, -0.25) is 9.59 Å². The van der Waals surface area contributed by atoms with Crippen molar-refractivity contribution >= 4 is 18.0 Å². The Morgan fingerprint density at radius 1 is 1.14 bits per heavy atom. The lowest BCUT2D eigenvalue weighted by atomic mass is 9.97. The summed E-state index contributed by atoms with van der Waals surface area (Å²) in [6, 6.07) is 8.02. The third-order valence-electron chi connectivity index (χ3n) is 4.80. The molecule has 0 aliphatic carbocycles. The number of aryl methyl sites for hydroxylation is 1. The largest absolute Gasteiger partial charge is 0.455 e. The van der Waals surface area contributed by atoms with Gasteiger partial charge in [-0.2, -0.15) is 0 Å². The van der Waals surface area contributed by atoms with Gasteiger partial charge in [-0.1, -0.05) is 24.3 Å². The fourth-order valence-corrected chi connectivity index (χ4v) is 3.16. The van der Waals surface area contributed by atoms with Gasteiger partial charge >= 0.3 is 12.1 Å². The molecule has 1 heterocycles. The normalized spacial score (nSPS) is 15.0. The van der Waals surface area contributed by atoms with Gasteiger partial charge in [0.25, 0.3) is 5.91 Å². The average molecular weight is 405 g/mol. The zero-order chi connectivity index (χ0) is 21.4. The van der Waals surface area contributed by atoms with Gasteiger partial charge in [0.2, 0.25) is 0 Å². The molecule has 2 amide bonds. The molecule has 1 aliphatic rings. The second kappa shape index (κ2) is 10.3. The summed E-state index contributed by atoms with van der Waals surface area (Å²) in [7, 11) is 0. The maximum absolute atomic E-state index is 12.2. The van der Waals surface area contributed by atoms with E-state index >= 15 is 0 Å². The van der Waals surface area contributed by atoms with Crippen LogP contribution in [0.25, 0.3) is 0 Å². The molecule has 1 aliphatic heterocycles. The predicted octanol–water partition coefficient (Wildman–Crippen LogP) is 2.84. The van der Waals surface area contributed by atoms with E-state index in [1.807, 2.05) is 52.0 Å². The van der Waals surface area contributed by atoms with E-state index in [1.165, 1.54) is 11.1 Å². The Morgan fingerprint density at radius 2 is 1.79 bits per heavy atom. The first kappa shape index (κ1) is 22.7. The molecule has 1 saturated heterocycles. The number of benzene rings is 1. The third kappa shape index (κ3) is 7.75. The van der Waals surface area contributed by atoms with Crippen LogP contribution in [0.2, 0.25) is 0 Å². The van der Waals surface area contributed by atoms with E-state index < -0.39 is 5.60 Å². The number of nitrogens with zero attached hydrogens (tertiary/aromatic N) is 1. The lowest BCUT2D eigenvalue weighted by molar-refractivity contribution is -0.154. The first-order chi connectivity index (χ1) is 13.7. The molecule has 7 heteroatoms. The van der Waals surface area contributed by atoms with Crippen LogP contribution < -0.4 is 5.32 Å². The van der Waals surface area contributed by atoms with Gasteiger partial charge in [0.1, 0.15) is 5.60 Å². The monoisotopic (exact) mass is 404 g/mol. The number of piperidine rings is 1. The highest BCUT2D eigenvalue weighted by molar-refractivity contribution is 5.81. The molecule has 0 bridgehead atoms. The van der Waals surface area contributed by atoms with Crippen LogP contribution in [0.4, 0.5) is 4.79 Å². The molecule has 1 fully saturated rings. The maximum atomic E-state index is 12.2. The van der Waals surface area contributed by atoms with Crippen LogP contribution in [0.15, 0.2) is 24.3 Å². The van der Waals surface area contributed by atoms with Crippen LogP contribution in [-0.2, 0) is 25.5 Å². The van der Waals surface area contributed by atoms with Crippen LogP contribution in [0.1, 0.15) is 44.7 Å². The smallest absolute Gasteiger partial charge is 0.410 e. The summed E-state index contributed by atoms with van der Waals surface area (Å²) in [5, 5.41) is 2.77. The number of rotatable bonds is 6. The van der Waals surface area contributed by atoms with E-state index in [1.54, 1.807) is 4.90 Å². The molecule has 2 rings (SSSR count). The number of nitrogens with one attached hydrogen (secondary N) is 1. The standard InChI is InChI=1S/C22H32N2O5/c1-16-7-5-6-8-17(16)9-12-23-19(25)15-28-20(26)18-10-13-24(14-11-18)21(27)29-22(2,3)4/h5-8,18H,9-15H2,1-4H3,(H,23,25). The van der Waals surface area contributed by atoms with Crippen molar-refractivity contribution < 1.29 is 23.9 Å². The molecule has 1 N–H and O–H groups in total. The van der Waals surface area contributed by atoms with Crippen LogP contribution in [0.5, 0.6) is 0 Å². The fraction of sp³-hybridized carbons (Fsp3) is 0.591. The van der Waals surface area contributed by atoms with Crippen molar-refractivity contribution in [2.45, 2.75) is 52.6 Å². The number of hydrogen-bond acceptors (Lipinski definition) is 5. The van der Waals surface area contributed by atoms with E-state index in [-0.39, 0.29) is 30.5 Å². The summed E-state index contributed by atoms with van der Waals surface area (Å²) in [4.78, 5) is 37.8. The van der Waals surface area contributed by atoms with Crippen LogP contribution in [0.3, 0.4) is 0 Å². The Kier molecular flexibility index (Phi) is 8.05. The molecule has 29 heavy (non-hydrogen) atoms. The minimum Gasteiger partial charge on any atom is -0.455 e. The van der Waals surface area contributed by atoms with Gasteiger partial charge in [0.15, 0.2) is 6.61 Å². The first-order valence-electron chi connectivity index (χ1n) is 10.1. The second-order valence-corrected chi connectivity index (χ2v) is 8.38. The Balaban J connectivity index is 1.65. The highest BCUT2D eigenvalue weighted by atomic mass is 16.6. The summed E-state index contributed by atoms with van der Waals surface area (Å²) in [6.45, 7) is 8.60. The Morgan fingerprint density at radius 3 is 2.41 bits per heavy atom. The molecular weight excluding hydrogens is 372 g/mol. The number of likely N-dealkylation sites (tertiary alicyclic amines) is 1. The predicted molar refractivity (Wildman–Crippen MR) is 109 cm³/mol. The molecule has 7 nitrogen and oxygen atoms in total. The van der Waals surface area contributed by atoms with E-state index in [0.29, 0.717) is 32.5 Å².